The molecule has 1 aromatic heterocycles. The molecule has 2 atom stereocenters. The van der Waals surface area contributed by atoms with E-state index < -0.39 is 0 Å². The van der Waals surface area contributed by atoms with Crippen LogP contribution in [0, 0.1) is 0 Å². The maximum absolute atomic E-state index is 5.36. The van der Waals surface area contributed by atoms with Gasteiger partial charge in [-0.2, -0.15) is 0 Å². The highest BCUT2D eigenvalue weighted by molar-refractivity contribution is 9.10. The van der Waals surface area contributed by atoms with Gasteiger partial charge in [-0.15, -0.1) is 0 Å². The van der Waals surface area contributed by atoms with Gasteiger partial charge in [0, 0.05) is 23.0 Å². The Kier molecular flexibility index (Phi) is 4.61. The maximum atomic E-state index is 5.36. The van der Waals surface area contributed by atoms with Crippen LogP contribution in [0.4, 0.5) is 0 Å². The molecule has 0 saturated carbocycles. The molecule has 0 radical (unpaired) electrons. The minimum atomic E-state index is 0.326. The van der Waals surface area contributed by atoms with Gasteiger partial charge < -0.3 is 9.73 Å². The highest BCUT2D eigenvalue weighted by Crippen LogP contribution is 2.18. The minimum Gasteiger partial charge on any atom is -0.469 e. The molecule has 1 N–H and O–H groups in total. The molecule has 0 saturated heterocycles. The number of nitrogens with one attached hydrogen (secondary N) is 1. The molecule has 0 aliphatic rings. The molecule has 1 heterocycles. The summed E-state index contributed by atoms with van der Waals surface area (Å²) in [6, 6.07) is 13.1. The zero-order chi connectivity index (χ0) is 13.0. The van der Waals surface area contributed by atoms with Crippen LogP contribution in [0.1, 0.15) is 31.2 Å². The van der Waals surface area contributed by atoms with Crippen LogP contribution in [-0.4, -0.2) is 6.04 Å². The predicted molar refractivity (Wildman–Crippen MR) is 77.6 cm³/mol. The van der Waals surface area contributed by atoms with E-state index in [1.165, 1.54) is 5.56 Å². The number of rotatable bonds is 5. The Morgan fingerprint density at radius 3 is 2.72 bits per heavy atom. The second-order valence-corrected chi connectivity index (χ2v) is 5.54. The van der Waals surface area contributed by atoms with Gasteiger partial charge in [0.1, 0.15) is 5.76 Å². The van der Waals surface area contributed by atoms with Gasteiger partial charge in [0.25, 0.3) is 0 Å². The van der Waals surface area contributed by atoms with Crippen LogP contribution in [0.15, 0.2) is 51.6 Å². The molecule has 2 rings (SSSR count). The smallest absolute Gasteiger partial charge is 0.105 e. The molecule has 2 unspecified atom stereocenters. The van der Waals surface area contributed by atoms with Crippen LogP contribution in [0.3, 0.4) is 0 Å². The van der Waals surface area contributed by atoms with Gasteiger partial charge >= 0.3 is 0 Å². The Labute approximate surface area is 117 Å². The lowest BCUT2D eigenvalue weighted by molar-refractivity contribution is 0.429. The Balaban J connectivity index is 1.92. The average molecular weight is 308 g/mol. The minimum absolute atomic E-state index is 0.326. The number of furan rings is 1. The Morgan fingerprint density at radius 2 is 2.06 bits per heavy atom. The topological polar surface area (TPSA) is 25.2 Å². The second-order valence-electron chi connectivity index (χ2n) is 4.63. The monoisotopic (exact) mass is 307 g/mol. The van der Waals surface area contributed by atoms with E-state index in [2.05, 4.69) is 53.3 Å². The molecule has 0 aliphatic carbocycles. The first-order valence-electron chi connectivity index (χ1n) is 6.19. The molecular formula is C15H18BrNO. The highest BCUT2D eigenvalue weighted by atomic mass is 79.9. The summed E-state index contributed by atoms with van der Waals surface area (Å²) >= 11 is 3.50. The molecule has 0 amide bonds. The van der Waals surface area contributed by atoms with Crippen LogP contribution in [0.2, 0.25) is 0 Å². The third-order valence-corrected chi connectivity index (χ3v) is 3.46. The summed E-state index contributed by atoms with van der Waals surface area (Å²) < 4.78 is 6.48. The van der Waals surface area contributed by atoms with E-state index in [0.29, 0.717) is 12.1 Å². The van der Waals surface area contributed by atoms with Crippen molar-refractivity contribution in [2.75, 3.05) is 0 Å². The van der Waals surface area contributed by atoms with Gasteiger partial charge in [-0.3, -0.25) is 0 Å². The molecule has 0 fully saturated rings. The SMILES string of the molecule is CC(Cc1ccco1)NC(C)c1cccc(Br)c1. The summed E-state index contributed by atoms with van der Waals surface area (Å²) in [6.07, 6.45) is 2.63. The van der Waals surface area contributed by atoms with Crippen LogP contribution in [0.25, 0.3) is 0 Å². The fraction of sp³-hybridized carbons (Fsp3) is 0.333. The van der Waals surface area contributed by atoms with Gasteiger partial charge in [0.2, 0.25) is 0 Å². The third kappa shape index (κ3) is 3.72. The van der Waals surface area contributed by atoms with Crippen molar-refractivity contribution >= 4 is 15.9 Å². The first-order chi connectivity index (χ1) is 8.65. The number of hydrogen-bond acceptors (Lipinski definition) is 2. The van der Waals surface area contributed by atoms with Gasteiger partial charge in [-0.25, -0.2) is 0 Å². The van der Waals surface area contributed by atoms with Crippen LogP contribution < -0.4 is 5.32 Å². The molecule has 2 aromatic rings. The summed E-state index contributed by atoms with van der Waals surface area (Å²) in [6.45, 7) is 4.36. The van der Waals surface area contributed by atoms with Crippen molar-refractivity contribution in [1.82, 2.24) is 5.32 Å². The summed E-state index contributed by atoms with van der Waals surface area (Å²) in [5, 5.41) is 3.58. The second kappa shape index (κ2) is 6.21. The van der Waals surface area contributed by atoms with Gasteiger partial charge in [-0.05, 0) is 43.7 Å². The lowest BCUT2D eigenvalue weighted by Gasteiger charge is -2.20. The van der Waals surface area contributed by atoms with E-state index in [4.69, 9.17) is 4.42 Å². The molecule has 18 heavy (non-hydrogen) atoms. The molecule has 96 valence electrons. The summed E-state index contributed by atoms with van der Waals surface area (Å²) in [5.74, 6) is 1.02. The van der Waals surface area contributed by atoms with E-state index in [-0.39, 0.29) is 0 Å². The molecule has 3 heteroatoms. The number of halogens is 1. The average Bonchev–Trinajstić information content (AvgIpc) is 2.81. The first-order valence-corrected chi connectivity index (χ1v) is 6.98. The van der Waals surface area contributed by atoms with E-state index in [9.17, 15) is 0 Å². The normalized spacial score (nSPS) is 14.4. The van der Waals surface area contributed by atoms with Gasteiger partial charge in [-0.1, -0.05) is 28.1 Å². The zero-order valence-corrected chi connectivity index (χ0v) is 12.3. The van der Waals surface area contributed by atoms with Crippen molar-refractivity contribution in [3.63, 3.8) is 0 Å². The Hall–Kier alpha value is -1.06. The van der Waals surface area contributed by atoms with Gasteiger partial charge in [0.15, 0.2) is 0 Å². The van der Waals surface area contributed by atoms with E-state index in [0.717, 1.165) is 16.7 Å². The predicted octanol–water partition coefficient (Wildman–Crippen LogP) is 4.32. The van der Waals surface area contributed by atoms with E-state index >= 15 is 0 Å². The van der Waals surface area contributed by atoms with Crippen molar-refractivity contribution in [2.45, 2.75) is 32.4 Å². The molecule has 1 aromatic carbocycles. The van der Waals surface area contributed by atoms with Crippen molar-refractivity contribution in [1.29, 1.82) is 0 Å². The van der Waals surface area contributed by atoms with E-state index in [1.54, 1.807) is 6.26 Å². The Bertz CT molecular complexity index is 481. The van der Waals surface area contributed by atoms with Crippen molar-refractivity contribution in [3.05, 3.63) is 58.5 Å². The molecule has 0 spiro atoms. The van der Waals surface area contributed by atoms with Crippen molar-refractivity contribution < 1.29 is 4.42 Å². The highest BCUT2D eigenvalue weighted by Gasteiger charge is 2.11. The fourth-order valence-electron chi connectivity index (χ4n) is 2.09. The number of benzene rings is 1. The van der Waals surface area contributed by atoms with Crippen LogP contribution in [0.5, 0.6) is 0 Å². The van der Waals surface area contributed by atoms with Gasteiger partial charge in [0.05, 0.1) is 6.26 Å². The summed E-state index contributed by atoms with van der Waals surface area (Å²) in [4.78, 5) is 0. The zero-order valence-electron chi connectivity index (χ0n) is 10.7. The fourth-order valence-corrected chi connectivity index (χ4v) is 2.51. The molecule has 2 nitrogen and oxygen atoms in total. The first kappa shape index (κ1) is 13.4. The van der Waals surface area contributed by atoms with Crippen molar-refractivity contribution in [2.24, 2.45) is 0 Å². The van der Waals surface area contributed by atoms with Crippen molar-refractivity contribution in [3.8, 4) is 0 Å². The lowest BCUT2D eigenvalue weighted by atomic mass is 10.1. The number of hydrogen-bond donors (Lipinski definition) is 1. The molecule has 0 aliphatic heterocycles. The largest absolute Gasteiger partial charge is 0.469 e. The third-order valence-electron chi connectivity index (χ3n) is 2.97. The maximum Gasteiger partial charge on any atom is 0.105 e. The molecular weight excluding hydrogens is 290 g/mol. The van der Waals surface area contributed by atoms with E-state index in [1.807, 2.05) is 18.2 Å². The summed E-state index contributed by atoms with van der Waals surface area (Å²) in [7, 11) is 0. The molecule has 0 bridgehead atoms. The van der Waals surface area contributed by atoms with Crippen LogP contribution >= 0.6 is 15.9 Å². The summed E-state index contributed by atoms with van der Waals surface area (Å²) in [5.41, 5.74) is 1.29. The standard InChI is InChI=1S/C15H18BrNO/c1-11(9-15-7-4-8-18-15)17-12(2)13-5-3-6-14(16)10-13/h3-8,10-12,17H,9H2,1-2H3. The Morgan fingerprint density at radius 1 is 1.22 bits per heavy atom. The lowest BCUT2D eigenvalue weighted by Crippen LogP contribution is -2.30. The van der Waals surface area contributed by atoms with Crippen LogP contribution in [-0.2, 0) is 6.42 Å². The quantitative estimate of drug-likeness (QED) is 0.889.